The van der Waals surface area contributed by atoms with Crippen LogP contribution in [0.2, 0.25) is 0 Å². The third-order valence-corrected chi connectivity index (χ3v) is 4.10. The Labute approximate surface area is 95.6 Å². The molecule has 84 valence electrons. The van der Waals surface area contributed by atoms with E-state index in [2.05, 4.69) is 13.8 Å². The van der Waals surface area contributed by atoms with Crippen LogP contribution in [0.1, 0.15) is 37.0 Å². The summed E-state index contributed by atoms with van der Waals surface area (Å²) in [6.07, 6.45) is 2.07. The molecule has 16 heavy (non-hydrogen) atoms. The van der Waals surface area contributed by atoms with Crippen molar-refractivity contribution in [3.8, 4) is 5.75 Å². The van der Waals surface area contributed by atoms with Crippen molar-refractivity contribution in [1.29, 1.82) is 0 Å². The molecular weight excluding hydrogens is 200 g/mol. The first-order chi connectivity index (χ1) is 7.62. The Morgan fingerprint density at radius 1 is 1.38 bits per heavy atom. The van der Waals surface area contributed by atoms with Crippen molar-refractivity contribution >= 4 is 5.78 Å². The summed E-state index contributed by atoms with van der Waals surface area (Å²) in [6.45, 7) is 4.24. The summed E-state index contributed by atoms with van der Waals surface area (Å²) in [5.41, 5.74) is 0.490. The minimum absolute atomic E-state index is 0.0439. The molecule has 1 heterocycles. The Bertz CT molecular complexity index is 452. The molecule has 0 radical (unpaired) electrons. The molecule has 1 aliphatic heterocycles. The highest BCUT2D eigenvalue weighted by molar-refractivity contribution is 6.02. The molecule has 1 fully saturated rings. The van der Waals surface area contributed by atoms with Crippen LogP contribution < -0.4 is 4.74 Å². The van der Waals surface area contributed by atoms with Crippen LogP contribution in [-0.4, -0.2) is 11.4 Å². The number of carbonyl (C=O) groups excluding carboxylic acids is 1. The van der Waals surface area contributed by atoms with Gasteiger partial charge in [0.25, 0.3) is 0 Å². The maximum absolute atomic E-state index is 12.4. The molecule has 0 unspecified atom stereocenters. The average Bonchev–Trinajstić information content (AvgIpc) is 2.55. The fourth-order valence-electron chi connectivity index (χ4n) is 3.27. The van der Waals surface area contributed by atoms with Gasteiger partial charge in [0.15, 0.2) is 5.78 Å². The van der Waals surface area contributed by atoms with Crippen LogP contribution in [0.4, 0.5) is 0 Å². The average molecular weight is 216 g/mol. The highest BCUT2D eigenvalue weighted by Gasteiger charge is 2.52. The zero-order chi connectivity index (χ0) is 11.3. The van der Waals surface area contributed by atoms with E-state index in [1.807, 2.05) is 24.3 Å². The SMILES string of the molecule is C[C@@H]1CC[C@@]2(C)Oc3ccccc3C(=O)[C@@H]12. The van der Waals surface area contributed by atoms with Crippen LogP contribution in [0.25, 0.3) is 0 Å². The largest absolute Gasteiger partial charge is 0.486 e. The zero-order valence-electron chi connectivity index (χ0n) is 9.69. The molecule has 2 aliphatic rings. The second-order valence-corrected chi connectivity index (χ2v) is 5.27. The Morgan fingerprint density at radius 3 is 2.94 bits per heavy atom. The van der Waals surface area contributed by atoms with Crippen molar-refractivity contribution in [3.05, 3.63) is 29.8 Å². The van der Waals surface area contributed by atoms with Crippen molar-refractivity contribution < 1.29 is 9.53 Å². The van der Waals surface area contributed by atoms with Gasteiger partial charge in [0.05, 0.1) is 11.5 Å². The summed E-state index contributed by atoms with van der Waals surface area (Å²) in [4.78, 5) is 12.4. The second-order valence-electron chi connectivity index (χ2n) is 5.27. The molecule has 1 aromatic rings. The maximum Gasteiger partial charge on any atom is 0.173 e. The molecule has 0 N–H and O–H groups in total. The van der Waals surface area contributed by atoms with E-state index in [1.165, 1.54) is 0 Å². The molecule has 0 bridgehead atoms. The van der Waals surface area contributed by atoms with Crippen LogP contribution >= 0.6 is 0 Å². The third kappa shape index (κ3) is 1.16. The zero-order valence-corrected chi connectivity index (χ0v) is 9.69. The maximum atomic E-state index is 12.4. The number of ketones is 1. The molecule has 0 amide bonds. The number of hydrogen-bond donors (Lipinski definition) is 0. The van der Waals surface area contributed by atoms with Gasteiger partial charge in [-0.25, -0.2) is 0 Å². The highest BCUT2D eigenvalue weighted by Crippen LogP contribution is 2.48. The Balaban J connectivity index is 2.13. The van der Waals surface area contributed by atoms with E-state index in [-0.39, 0.29) is 17.3 Å². The smallest absolute Gasteiger partial charge is 0.173 e. The predicted octanol–water partition coefficient (Wildman–Crippen LogP) is 3.07. The van der Waals surface area contributed by atoms with Crippen molar-refractivity contribution in [2.75, 3.05) is 0 Å². The van der Waals surface area contributed by atoms with E-state index in [0.717, 1.165) is 24.2 Å². The van der Waals surface area contributed by atoms with Crippen LogP contribution in [0.5, 0.6) is 5.75 Å². The van der Waals surface area contributed by atoms with Gasteiger partial charge in [-0.2, -0.15) is 0 Å². The van der Waals surface area contributed by atoms with Gasteiger partial charge in [-0.05, 0) is 37.8 Å². The summed E-state index contributed by atoms with van der Waals surface area (Å²) in [5, 5.41) is 0. The number of carbonyl (C=O) groups is 1. The Hall–Kier alpha value is -1.31. The van der Waals surface area contributed by atoms with Crippen LogP contribution in [-0.2, 0) is 0 Å². The van der Waals surface area contributed by atoms with Gasteiger partial charge < -0.3 is 4.74 Å². The van der Waals surface area contributed by atoms with Gasteiger partial charge in [0.1, 0.15) is 11.4 Å². The van der Waals surface area contributed by atoms with Gasteiger partial charge in [-0.3, -0.25) is 4.79 Å². The molecule has 1 aliphatic carbocycles. The molecule has 2 nitrogen and oxygen atoms in total. The monoisotopic (exact) mass is 216 g/mol. The standard InChI is InChI=1S/C14H16O2/c1-9-7-8-14(2)12(9)13(15)10-5-3-4-6-11(10)16-14/h3-6,9,12H,7-8H2,1-2H3/t9-,12-,14-/m1/s1. The number of hydrogen-bond acceptors (Lipinski definition) is 2. The van der Waals surface area contributed by atoms with Crippen molar-refractivity contribution in [1.82, 2.24) is 0 Å². The summed E-state index contributed by atoms with van der Waals surface area (Å²) in [7, 11) is 0. The first kappa shape index (κ1) is 9.88. The van der Waals surface area contributed by atoms with Gasteiger partial charge in [0.2, 0.25) is 0 Å². The van der Waals surface area contributed by atoms with E-state index in [1.54, 1.807) is 0 Å². The van der Waals surface area contributed by atoms with Crippen LogP contribution in [0, 0.1) is 11.8 Å². The number of benzene rings is 1. The third-order valence-electron chi connectivity index (χ3n) is 4.10. The summed E-state index contributed by atoms with van der Waals surface area (Å²) in [6, 6.07) is 7.61. The topological polar surface area (TPSA) is 26.3 Å². The fraction of sp³-hybridized carbons (Fsp3) is 0.500. The number of fused-ring (bicyclic) bond motifs is 2. The summed E-state index contributed by atoms with van der Waals surface area (Å²) in [5.74, 6) is 1.52. The minimum Gasteiger partial charge on any atom is -0.486 e. The van der Waals surface area contributed by atoms with Gasteiger partial charge in [-0.1, -0.05) is 19.1 Å². The lowest BCUT2D eigenvalue weighted by molar-refractivity contribution is 0.0232. The quantitative estimate of drug-likeness (QED) is 0.666. The molecule has 0 spiro atoms. The van der Waals surface area contributed by atoms with Gasteiger partial charge in [0, 0.05) is 0 Å². The van der Waals surface area contributed by atoms with Crippen LogP contribution in [0.15, 0.2) is 24.3 Å². The number of ether oxygens (including phenoxy) is 1. The van der Waals surface area contributed by atoms with E-state index in [9.17, 15) is 4.79 Å². The lowest BCUT2D eigenvalue weighted by atomic mass is 9.79. The van der Waals surface area contributed by atoms with Crippen LogP contribution in [0.3, 0.4) is 0 Å². The summed E-state index contributed by atoms with van der Waals surface area (Å²) < 4.78 is 6.06. The molecule has 1 saturated carbocycles. The van der Waals surface area contributed by atoms with Gasteiger partial charge >= 0.3 is 0 Å². The second kappa shape index (κ2) is 3.09. The lowest BCUT2D eigenvalue weighted by Gasteiger charge is -2.38. The molecule has 0 saturated heterocycles. The number of para-hydroxylation sites is 1. The lowest BCUT2D eigenvalue weighted by Crippen LogP contribution is -2.46. The Morgan fingerprint density at radius 2 is 2.12 bits per heavy atom. The van der Waals surface area contributed by atoms with Crippen molar-refractivity contribution in [2.45, 2.75) is 32.3 Å². The van der Waals surface area contributed by atoms with Crippen molar-refractivity contribution in [2.24, 2.45) is 11.8 Å². The molecule has 1 aromatic carbocycles. The predicted molar refractivity (Wildman–Crippen MR) is 61.7 cm³/mol. The van der Waals surface area contributed by atoms with E-state index >= 15 is 0 Å². The van der Waals surface area contributed by atoms with Crippen molar-refractivity contribution in [3.63, 3.8) is 0 Å². The Kier molecular flexibility index (Phi) is 1.91. The molecule has 3 atom stereocenters. The first-order valence-corrected chi connectivity index (χ1v) is 5.94. The van der Waals surface area contributed by atoms with E-state index in [4.69, 9.17) is 4.74 Å². The fourth-order valence-corrected chi connectivity index (χ4v) is 3.27. The number of rotatable bonds is 0. The molecule has 0 aromatic heterocycles. The molecule has 2 heteroatoms. The molecule has 3 rings (SSSR count). The van der Waals surface area contributed by atoms with E-state index in [0.29, 0.717) is 5.92 Å². The highest BCUT2D eigenvalue weighted by atomic mass is 16.5. The molecular formula is C14H16O2. The first-order valence-electron chi connectivity index (χ1n) is 5.94. The number of Topliss-reactive ketones (excluding diaryl/α,β-unsaturated/α-hetero) is 1. The normalized spacial score (nSPS) is 36.5. The van der Waals surface area contributed by atoms with E-state index < -0.39 is 0 Å². The summed E-state index contributed by atoms with van der Waals surface area (Å²) >= 11 is 0. The van der Waals surface area contributed by atoms with Gasteiger partial charge in [-0.15, -0.1) is 0 Å². The minimum atomic E-state index is -0.273.